The number of allylic oxidation sites excluding steroid dienone is 1. The van der Waals surface area contributed by atoms with Crippen molar-refractivity contribution >= 4 is 28.8 Å². The highest BCUT2D eigenvalue weighted by molar-refractivity contribution is 8.14. The van der Waals surface area contributed by atoms with E-state index in [4.69, 9.17) is 9.47 Å². The van der Waals surface area contributed by atoms with Crippen molar-refractivity contribution in [3.05, 3.63) is 11.6 Å². The molecule has 5 nitrogen and oxygen atoms in total. The predicted octanol–water partition coefficient (Wildman–Crippen LogP) is 5.61. The number of carbonyl (C=O) groups is 3. The molecule has 0 bridgehead atoms. The molecular weight excluding hydrogens is 436 g/mol. The molecule has 5 rings (SSSR count). The third kappa shape index (κ3) is 4.41. The number of fused-ring (bicyclic) bond motifs is 5. The minimum atomic E-state index is -0.411. The van der Waals surface area contributed by atoms with Crippen molar-refractivity contribution in [2.75, 3.05) is 6.61 Å². The zero-order valence-corrected chi connectivity index (χ0v) is 20.9. The van der Waals surface area contributed by atoms with Crippen LogP contribution in [0.1, 0.15) is 90.9 Å². The molecule has 0 aromatic rings. The van der Waals surface area contributed by atoms with Crippen molar-refractivity contribution in [3.8, 4) is 0 Å². The van der Waals surface area contributed by atoms with Crippen molar-refractivity contribution in [2.24, 2.45) is 28.6 Å². The van der Waals surface area contributed by atoms with E-state index in [1.807, 2.05) is 0 Å². The number of ether oxygens (including phenoxy) is 2. The molecule has 0 radical (unpaired) electrons. The van der Waals surface area contributed by atoms with Gasteiger partial charge in [0.15, 0.2) is 5.12 Å². The van der Waals surface area contributed by atoms with Gasteiger partial charge >= 0.3 is 11.9 Å². The Labute approximate surface area is 201 Å². The maximum atomic E-state index is 12.4. The van der Waals surface area contributed by atoms with Gasteiger partial charge in [0.25, 0.3) is 0 Å². The van der Waals surface area contributed by atoms with Gasteiger partial charge in [-0.05, 0) is 86.0 Å². The minimum Gasteiger partial charge on any atom is -0.465 e. The summed E-state index contributed by atoms with van der Waals surface area (Å²) in [5, 5.41) is -0.550. The van der Waals surface area contributed by atoms with Crippen LogP contribution in [0.4, 0.5) is 0 Å². The number of carbonyl (C=O) groups excluding carboxylic acids is 3. The molecule has 182 valence electrons. The van der Waals surface area contributed by atoms with E-state index in [0.29, 0.717) is 18.4 Å². The van der Waals surface area contributed by atoms with E-state index in [-0.39, 0.29) is 41.4 Å². The number of thioether (sulfide) groups is 1. The van der Waals surface area contributed by atoms with Gasteiger partial charge in [0, 0.05) is 12.8 Å². The summed E-state index contributed by atoms with van der Waals surface area (Å²) in [6.45, 7) is 5.41. The molecule has 7 atom stereocenters. The second-order valence-electron chi connectivity index (χ2n) is 11.6. The van der Waals surface area contributed by atoms with Crippen LogP contribution >= 0.6 is 11.8 Å². The molecule has 3 saturated carbocycles. The molecule has 33 heavy (non-hydrogen) atoms. The van der Waals surface area contributed by atoms with Gasteiger partial charge in [-0.25, -0.2) is 0 Å². The first-order chi connectivity index (χ1) is 15.8. The van der Waals surface area contributed by atoms with Gasteiger partial charge in [0.05, 0.1) is 13.0 Å². The monoisotopic (exact) mass is 474 g/mol. The second kappa shape index (κ2) is 9.05. The van der Waals surface area contributed by atoms with Crippen molar-refractivity contribution in [1.82, 2.24) is 0 Å². The fourth-order valence-electron chi connectivity index (χ4n) is 8.02. The Balaban J connectivity index is 1.15. The molecule has 0 N–H and O–H groups in total. The highest BCUT2D eigenvalue weighted by Gasteiger charge is 2.56. The third-order valence-corrected chi connectivity index (χ3v) is 11.0. The van der Waals surface area contributed by atoms with Crippen LogP contribution in [-0.4, -0.2) is 35.0 Å². The summed E-state index contributed by atoms with van der Waals surface area (Å²) in [7, 11) is 0. The summed E-state index contributed by atoms with van der Waals surface area (Å²) in [6.07, 6.45) is 14.2. The Kier molecular flexibility index (Phi) is 6.43. The maximum absolute atomic E-state index is 12.4. The molecule has 0 aromatic heterocycles. The molecule has 1 aliphatic heterocycles. The Morgan fingerprint density at radius 1 is 1.06 bits per heavy atom. The van der Waals surface area contributed by atoms with E-state index in [2.05, 4.69) is 19.9 Å². The lowest BCUT2D eigenvalue weighted by Gasteiger charge is -2.57. The second-order valence-corrected chi connectivity index (χ2v) is 12.9. The Hall–Kier alpha value is -1.30. The number of cyclic esters (lactones) is 1. The van der Waals surface area contributed by atoms with Crippen molar-refractivity contribution in [2.45, 2.75) is 102 Å². The van der Waals surface area contributed by atoms with Crippen LogP contribution in [0.2, 0.25) is 0 Å². The summed E-state index contributed by atoms with van der Waals surface area (Å²) in [5.74, 6) is 1.93. The van der Waals surface area contributed by atoms with Gasteiger partial charge < -0.3 is 9.47 Å². The van der Waals surface area contributed by atoms with E-state index in [0.717, 1.165) is 48.8 Å². The number of hydrogen-bond donors (Lipinski definition) is 0. The first-order valence-corrected chi connectivity index (χ1v) is 13.9. The quantitative estimate of drug-likeness (QED) is 0.381. The van der Waals surface area contributed by atoms with Crippen LogP contribution in [0, 0.1) is 28.6 Å². The normalized spacial score (nSPS) is 41.9. The fraction of sp³-hybridized carbons (Fsp3) is 0.815. The molecule has 0 amide bonds. The van der Waals surface area contributed by atoms with Gasteiger partial charge in [-0.2, -0.15) is 0 Å². The molecule has 1 heterocycles. The highest BCUT2D eigenvalue weighted by atomic mass is 32.2. The standard InChI is InChI=1S/C27H38O5S/c1-26-12-3-4-20(26)19-6-5-17-16-18(9-14-27(17,2)21(19)10-13-26)32-23(28)7-8-24(29)33-22-11-15-31-25(22)30/h16,18-22H,3-15H2,1-2H3/t18?,19-,20-,21-,22?,26-,27-/m0/s1. The fourth-order valence-corrected chi connectivity index (χ4v) is 8.93. The van der Waals surface area contributed by atoms with E-state index in [9.17, 15) is 14.4 Å². The summed E-state index contributed by atoms with van der Waals surface area (Å²) in [4.78, 5) is 36.1. The number of hydrogen-bond acceptors (Lipinski definition) is 6. The van der Waals surface area contributed by atoms with Crippen LogP contribution in [0.25, 0.3) is 0 Å². The van der Waals surface area contributed by atoms with Gasteiger partial charge in [-0.15, -0.1) is 0 Å². The summed E-state index contributed by atoms with van der Waals surface area (Å²) < 4.78 is 10.7. The smallest absolute Gasteiger partial charge is 0.319 e. The molecule has 6 heteroatoms. The van der Waals surface area contributed by atoms with Crippen molar-refractivity contribution in [1.29, 1.82) is 0 Å². The minimum absolute atomic E-state index is 0.0789. The van der Waals surface area contributed by atoms with Crippen LogP contribution in [-0.2, 0) is 23.9 Å². The average molecular weight is 475 g/mol. The molecule has 2 unspecified atom stereocenters. The zero-order valence-electron chi connectivity index (χ0n) is 20.1. The third-order valence-electron chi connectivity index (χ3n) is 9.83. The van der Waals surface area contributed by atoms with Gasteiger partial charge in [0.1, 0.15) is 11.4 Å². The zero-order chi connectivity index (χ0) is 23.2. The Morgan fingerprint density at radius 3 is 2.70 bits per heavy atom. The summed E-state index contributed by atoms with van der Waals surface area (Å²) >= 11 is 1.00. The van der Waals surface area contributed by atoms with E-state index in [1.165, 1.54) is 44.1 Å². The molecular formula is C27H38O5S. The van der Waals surface area contributed by atoms with Gasteiger partial charge in [-0.1, -0.05) is 37.6 Å². The molecule has 0 spiro atoms. The Morgan fingerprint density at radius 2 is 1.91 bits per heavy atom. The van der Waals surface area contributed by atoms with Crippen LogP contribution in [0.3, 0.4) is 0 Å². The summed E-state index contributed by atoms with van der Waals surface area (Å²) in [5.41, 5.74) is 2.36. The lowest BCUT2D eigenvalue weighted by Crippen LogP contribution is -2.49. The number of esters is 2. The van der Waals surface area contributed by atoms with Crippen LogP contribution in [0.5, 0.6) is 0 Å². The van der Waals surface area contributed by atoms with Crippen LogP contribution < -0.4 is 0 Å². The Bertz CT molecular complexity index is 851. The average Bonchev–Trinajstić information content (AvgIpc) is 3.37. The number of rotatable bonds is 5. The maximum Gasteiger partial charge on any atom is 0.319 e. The molecule has 0 aromatic carbocycles. The van der Waals surface area contributed by atoms with Gasteiger partial charge in [0.2, 0.25) is 0 Å². The highest BCUT2D eigenvalue weighted by Crippen LogP contribution is 2.65. The molecule has 4 fully saturated rings. The van der Waals surface area contributed by atoms with Crippen molar-refractivity contribution < 1.29 is 23.9 Å². The molecule has 5 aliphatic rings. The van der Waals surface area contributed by atoms with Crippen LogP contribution in [0.15, 0.2) is 11.6 Å². The SMILES string of the molecule is C[C@@]12CCC[C@H]1[C@@H]1CCC3=CC(OC(=O)CCC(=O)SC4CCOC4=O)CC[C@]3(C)[C@H]1CC2. The van der Waals surface area contributed by atoms with E-state index < -0.39 is 5.25 Å². The first-order valence-electron chi connectivity index (χ1n) is 13.1. The summed E-state index contributed by atoms with van der Waals surface area (Å²) in [6, 6.07) is 0. The lowest BCUT2D eigenvalue weighted by atomic mass is 9.47. The molecule has 1 saturated heterocycles. The molecule has 4 aliphatic carbocycles. The van der Waals surface area contributed by atoms with Crippen molar-refractivity contribution in [3.63, 3.8) is 0 Å². The topological polar surface area (TPSA) is 69.7 Å². The van der Waals surface area contributed by atoms with E-state index >= 15 is 0 Å². The van der Waals surface area contributed by atoms with Gasteiger partial charge in [-0.3, -0.25) is 14.4 Å². The van der Waals surface area contributed by atoms with E-state index in [1.54, 1.807) is 0 Å². The predicted molar refractivity (Wildman–Crippen MR) is 127 cm³/mol. The first kappa shape index (κ1) is 23.4. The largest absolute Gasteiger partial charge is 0.465 e. The lowest BCUT2D eigenvalue weighted by molar-refractivity contribution is -0.149.